The van der Waals surface area contributed by atoms with Gasteiger partial charge in [0.15, 0.2) is 0 Å². The first kappa shape index (κ1) is 21.8. The Labute approximate surface area is 190 Å². The van der Waals surface area contributed by atoms with Crippen molar-refractivity contribution in [1.82, 2.24) is 34.3 Å². The second-order valence-electron chi connectivity index (χ2n) is 8.87. The Hall–Kier alpha value is -2.46. The van der Waals surface area contributed by atoms with Crippen LogP contribution in [0.5, 0.6) is 0 Å². The minimum absolute atomic E-state index is 0.0339. The molecule has 4 heterocycles. The Kier molecular flexibility index (Phi) is 6.29. The summed E-state index contributed by atoms with van der Waals surface area (Å²) in [4.78, 5) is 21.6. The molecule has 9 nitrogen and oxygen atoms in total. The number of rotatable bonds is 5. The van der Waals surface area contributed by atoms with Crippen molar-refractivity contribution in [3.8, 4) is 0 Å². The fraction of sp³-hybridized carbons (Fsp3) is 0.524. The molecule has 3 aromatic heterocycles. The van der Waals surface area contributed by atoms with Gasteiger partial charge in [-0.2, -0.15) is 10.2 Å². The summed E-state index contributed by atoms with van der Waals surface area (Å²) in [6.07, 6.45) is 8.12. The minimum atomic E-state index is -0.0510. The molecule has 1 amide bonds. The van der Waals surface area contributed by atoms with Gasteiger partial charge in [-0.1, -0.05) is 20.8 Å². The summed E-state index contributed by atoms with van der Waals surface area (Å²) in [5, 5.41) is 8.66. The molecular weight excluding hydrogens is 462 g/mol. The molecule has 4 rings (SSSR count). The predicted molar refractivity (Wildman–Crippen MR) is 119 cm³/mol. The smallest absolute Gasteiger partial charge is 0.274 e. The molecule has 166 valence electrons. The highest BCUT2D eigenvalue weighted by atomic mass is 79.9. The van der Waals surface area contributed by atoms with E-state index in [-0.39, 0.29) is 11.3 Å². The molecule has 0 radical (unpaired) electrons. The van der Waals surface area contributed by atoms with Gasteiger partial charge in [-0.15, -0.1) is 0 Å². The van der Waals surface area contributed by atoms with Crippen molar-refractivity contribution in [2.45, 2.75) is 45.8 Å². The summed E-state index contributed by atoms with van der Waals surface area (Å²) in [5.74, 6) is 1.59. The topological polar surface area (TPSA) is 85.2 Å². The van der Waals surface area contributed by atoms with Crippen molar-refractivity contribution in [2.24, 2.45) is 0 Å². The molecule has 0 aromatic carbocycles. The van der Waals surface area contributed by atoms with Crippen LogP contribution in [-0.4, -0.2) is 66.4 Å². The van der Waals surface area contributed by atoms with Crippen molar-refractivity contribution in [1.29, 1.82) is 0 Å². The van der Waals surface area contributed by atoms with Crippen LogP contribution in [0, 0.1) is 0 Å². The largest absolute Gasteiger partial charge is 0.444 e. The zero-order valence-corrected chi connectivity index (χ0v) is 19.7. The molecule has 1 fully saturated rings. The van der Waals surface area contributed by atoms with E-state index in [1.165, 1.54) is 0 Å². The molecule has 0 N–H and O–H groups in total. The quantitative estimate of drug-likeness (QED) is 0.547. The van der Waals surface area contributed by atoms with Crippen LogP contribution in [0.4, 0.5) is 0 Å². The Bertz CT molecular complexity index is 1030. The maximum Gasteiger partial charge on any atom is 0.274 e. The first-order chi connectivity index (χ1) is 14.8. The molecule has 0 aliphatic carbocycles. The molecule has 31 heavy (non-hydrogen) atoms. The molecule has 1 aliphatic heterocycles. The average Bonchev–Trinajstić information content (AvgIpc) is 3.42. The van der Waals surface area contributed by atoms with Crippen molar-refractivity contribution >= 4 is 21.8 Å². The molecule has 0 spiro atoms. The van der Waals surface area contributed by atoms with E-state index < -0.39 is 0 Å². The fourth-order valence-corrected chi connectivity index (χ4v) is 3.86. The van der Waals surface area contributed by atoms with Crippen LogP contribution in [0.2, 0.25) is 0 Å². The third-order valence-electron chi connectivity index (χ3n) is 5.28. The van der Waals surface area contributed by atoms with E-state index in [0.717, 1.165) is 35.6 Å². The lowest BCUT2D eigenvalue weighted by Gasteiger charge is -2.20. The second-order valence-corrected chi connectivity index (χ2v) is 9.79. The number of hydrogen-bond acceptors (Lipinski definition) is 6. The zero-order chi connectivity index (χ0) is 22.0. The summed E-state index contributed by atoms with van der Waals surface area (Å²) in [6.45, 7) is 10.5. The molecule has 0 atom stereocenters. The molecule has 1 saturated heterocycles. The lowest BCUT2D eigenvalue weighted by molar-refractivity contribution is 0.0753. The highest BCUT2D eigenvalue weighted by Gasteiger charge is 2.24. The van der Waals surface area contributed by atoms with Crippen molar-refractivity contribution in [3.05, 3.63) is 52.7 Å². The molecular formula is C21H28BrN7O2. The summed E-state index contributed by atoms with van der Waals surface area (Å²) >= 11 is 3.38. The van der Waals surface area contributed by atoms with Crippen molar-refractivity contribution in [2.75, 3.05) is 26.2 Å². The Morgan fingerprint density at radius 3 is 2.71 bits per heavy atom. The lowest BCUT2D eigenvalue weighted by Crippen LogP contribution is -2.35. The summed E-state index contributed by atoms with van der Waals surface area (Å²) in [7, 11) is 0. The number of oxazole rings is 1. The van der Waals surface area contributed by atoms with Gasteiger partial charge in [0.05, 0.1) is 23.4 Å². The van der Waals surface area contributed by atoms with Crippen LogP contribution in [0.15, 0.2) is 39.7 Å². The van der Waals surface area contributed by atoms with E-state index in [1.54, 1.807) is 21.6 Å². The van der Waals surface area contributed by atoms with E-state index >= 15 is 0 Å². The first-order valence-electron chi connectivity index (χ1n) is 10.5. The number of amides is 1. The van der Waals surface area contributed by atoms with E-state index in [2.05, 4.69) is 56.8 Å². The SMILES string of the molecule is CC(C)(C)c1cnc(CN2CCCN(C(=O)c3ccn(Cn4cc(Br)cn4)n3)CC2)o1. The van der Waals surface area contributed by atoms with Gasteiger partial charge in [-0.3, -0.25) is 14.4 Å². The van der Waals surface area contributed by atoms with Crippen molar-refractivity contribution < 1.29 is 9.21 Å². The van der Waals surface area contributed by atoms with Gasteiger partial charge in [0.2, 0.25) is 5.89 Å². The molecule has 0 unspecified atom stereocenters. The maximum atomic E-state index is 13.0. The van der Waals surface area contributed by atoms with Crippen LogP contribution in [0.3, 0.4) is 0 Å². The van der Waals surface area contributed by atoms with Gasteiger partial charge >= 0.3 is 0 Å². The predicted octanol–water partition coefficient (Wildman–Crippen LogP) is 2.98. The monoisotopic (exact) mass is 489 g/mol. The zero-order valence-electron chi connectivity index (χ0n) is 18.2. The average molecular weight is 490 g/mol. The van der Waals surface area contributed by atoms with Gasteiger partial charge in [-0.05, 0) is 28.4 Å². The highest BCUT2D eigenvalue weighted by molar-refractivity contribution is 9.10. The summed E-state index contributed by atoms with van der Waals surface area (Å²) < 4.78 is 10.3. The van der Waals surface area contributed by atoms with E-state index in [1.807, 2.05) is 23.5 Å². The van der Waals surface area contributed by atoms with Gasteiger partial charge in [0.1, 0.15) is 18.1 Å². The van der Waals surface area contributed by atoms with Gasteiger partial charge in [-0.25, -0.2) is 9.67 Å². The summed E-state index contributed by atoms with van der Waals surface area (Å²) in [6, 6.07) is 1.77. The van der Waals surface area contributed by atoms with Gasteiger partial charge in [0, 0.05) is 44.0 Å². The molecule has 1 aliphatic rings. The Morgan fingerprint density at radius 1 is 1.16 bits per heavy atom. The van der Waals surface area contributed by atoms with Crippen molar-refractivity contribution in [3.63, 3.8) is 0 Å². The van der Waals surface area contributed by atoms with Crippen LogP contribution < -0.4 is 0 Å². The molecule has 3 aromatic rings. The highest BCUT2D eigenvalue weighted by Crippen LogP contribution is 2.23. The third kappa shape index (κ3) is 5.43. The molecule has 0 saturated carbocycles. The molecule has 10 heteroatoms. The summed E-state index contributed by atoms with van der Waals surface area (Å²) in [5.41, 5.74) is 0.409. The maximum absolute atomic E-state index is 13.0. The first-order valence-corrected chi connectivity index (χ1v) is 11.3. The van der Waals surface area contributed by atoms with E-state index in [4.69, 9.17) is 4.42 Å². The van der Waals surface area contributed by atoms with Crippen LogP contribution >= 0.6 is 15.9 Å². The number of carbonyl (C=O) groups is 1. The van der Waals surface area contributed by atoms with E-state index in [9.17, 15) is 4.79 Å². The number of aromatic nitrogens is 5. The number of halogens is 1. The Balaban J connectivity index is 1.33. The normalized spacial score (nSPS) is 15.9. The fourth-order valence-electron chi connectivity index (χ4n) is 3.53. The van der Waals surface area contributed by atoms with Crippen LogP contribution in [-0.2, 0) is 18.6 Å². The lowest BCUT2D eigenvalue weighted by atomic mass is 9.94. The van der Waals surface area contributed by atoms with E-state index in [0.29, 0.717) is 32.0 Å². The van der Waals surface area contributed by atoms with Gasteiger partial charge in [0.25, 0.3) is 5.91 Å². The second kappa shape index (κ2) is 8.96. The molecule has 0 bridgehead atoms. The minimum Gasteiger partial charge on any atom is -0.444 e. The van der Waals surface area contributed by atoms with Crippen LogP contribution in [0.1, 0.15) is 49.3 Å². The third-order valence-corrected chi connectivity index (χ3v) is 5.69. The number of carbonyl (C=O) groups excluding carboxylic acids is 1. The number of nitrogens with zero attached hydrogens (tertiary/aromatic N) is 7. The number of hydrogen-bond donors (Lipinski definition) is 0. The van der Waals surface area contributed by atoms with Crippen LogP contribution in [0.25, 0.3) is 0 Å². The van der Waals surface area contributed by atoms with Gasteiger partial charge < -0.3 is 9.32 Å². The Morgan fingerprint density at radius 2 is 2.00 bits per heavy atom. The standard InChI is InChI=1S/C21H28BrN7O2/c1-21(2,3)18-12-23-19(31-18)14-26-6-4-7-27(10-9-26)20(30)17-5-8-28(25-17)15-29-13-16(22)11-24-29/h5,8,11-13H,4,6-7,9-10,14-15H2,1-3H3.